The molecular weight excluding hydrogens is 272 g/mol. The van der Waals surface area contributed by atoms with Gasteiger partial charge in [0.05, 0.1) is 0 Å². The van der Waals surface area contributed by atoms with Crippen LogP contribution in [0.5, 0.6) is 0 Å². The summed E-state index contributed by atoms with van der Waals surface area (Å²) in [6, 6.07) is 1.58. The van der Waals surface area contributed by atoms with Crippen LogP contribution in [-0.2, 0) is 0 Å². The van der Waals surface area contributed by atoms with Gasteiger partial charge >= 0.3 is 0 Å². The molecular formula is C14H18N4O3. The van der Waals surface area contributed by atoms with E-state index in [1.54, 1.807) is 11.0 Å². The zero-order valence-corrected chi connectivity index (χ0v) is 12.2. The fourth-order valence-corrected chi connectivity index (χ4v) is 2.50. The van der Waals surface area contributed by atoms with Crippen LogP contribution in [0.1, 0.15) is 60.7 Å². The second kappa shape index (κ2) is 5.67. The first-order valence-corrected chi connectivity index (χ1v) is 7.18. The Morgan fingerprint density at radius 2 is 2.29 bits per heavy atom. The summed E-state index contributed by atoms with van der Waals surface area (Å²) >= 11 is 0. The molecule has 1 atom stereocenters. The van der Waals surface area contributed by atoms with Gasteiger partial charge in [-0.3, -0.25) is 4.79 Å². The fourth-order valence-electron chi connectivity index (χ4n) is 2.50. The molecule has 1 unspecified atom stereocenters. The molecule has 0 radical (unpaired) electrons. The highest BCUT2D eigenvalue weighted by molar-refractivity contribution is 5.92. The average Bonchev–Trinajstić information content (AvgIpc) is 3.18. The molecule has 0 saturated carbocycles. The van der Waals surface area contributed by atoms with Crippen LogP contribution in [0.15, 0.2) is 21.4 Å². The van der Waals surface area contributed by atoms with Crippen LogP contribution in [-0.4, -0.2) is 39.2 Å². The topological polar surface area (TPSA) is 85.3 Å². The van der Waals surface area contributed by atoms with Crippen LogP contribution in [0.25, 0.3) is 0 Å². The quantitative estimate of drug-likeness (QED) is 0.861. The maximum Gasteiger partial charge on any atom is 0.276 e. The summed E-state index contributed by atoms with van der Waals surface area (Å²) < 4.78 is 9.99. The number of hydrogen-bond donors (Lipinski definition) is 0. The maximum atomic E-state index is 12.3. The minimum atomic E-state index is -0.110. The second-order valence-electron chi connectivity index (χ2n) is 5.62. The van der Waals surface area contributed by atoms with E-state index >= 15 is 0 Å². The van der Waals surface area contributed by atoms with Crippen molar-refractivity contribution in [2.24, 2.45) is 0 Å². The SMILES string of the molecule is CC(C)c1nc(C2CCCN(C(=O)c3ccon3)C2)no1. The molecule has 1 saturated heterocycles. The van der Waals surface area contributed by atoms with Crippen molar-refractivity contribution in [2.45, 2.75) is 38.5 Å². The van der Waals surface area contributed by atoms with Crippen molar-refractivity contribution in [1.82, 2.24) is 20.2 Å². The van der Waals surface area contributed by atoms with E-state index in [-0.39, 0.29) is 17.7 Å². The normalized spacial score (nSPS) is 19.2. The van der Waals surface area contributed by atoms with Gasteiger partial charge in [-0.1, -0.05) is 24.2 Å². The Labute approximate surface area is 122 Å². The monoisotopic (exact) mass is 290 g/mol. The van der Waals surface area contributed by atoms with Gasteiger partial charge in [0.1, 0.15) is 6.26 Å². The lowest BCUT2D eigenvalue weighted by molar-refractivity contribution is 0.0693. The van der Waals surface area contributed by atoms with Gasteiger partial charge in [-0.2, -0.15) is 4.98 Å². The zero-order valence-electron chi connectivity index (χ0n) is 12.2. The molecule has 1 aliphatic rings. The predicted octanol–water partition coefficient (Wildman–Crippen LogP) is 2.20. The van der Waals surface area contributed by atoms with Crippen molar-refractivity contribution in [3.63, 3.8) is 0 Å². The lowest BCUT2D eigenvalue weighted by Crippen LogP contribution is -2.39. The molecule has 3 rings (SSSR count). The van der Waals surface area contributed by atoms with Gasteiger partial charge in [-0.05, 0) is 12.8 Å². The van der Waals surface area contributed by atoms with Crippen LogP contribution in [0.3, 0.4) is 0 Å². The lowest BCUT2D eigenvalue weighted by Gasteiger charge is -2.30. The molecule has 3 heterocycles. The number of aromatic nitrogens is 3. The second-order valence-corrected chi connectivity index (χ2v) is 5.62. The third kappa shape index (κ3) is 2.81. The summed E-state index contributed by atoms with van der Waals surface area (Å²) in [5, 5.41) is 7.76. The summed E-state index contributed by atoms with van der Waals surface area (Å²) in [4.78, 5) is 18.5. The number of hydrogen-bond acceptors (Lipinski definition) is 6. The summed E-state index contributed by atoms with van der Waals surface area (Å²) in [5.41, 5.74) is 0.339. The Kier molecular flexibility index (Phi) is 3.72. The van der Waals surface area contributed by atoms with Crippen molar-refractivity contribution in [3.8, 4) is 0 Å². The van der Waals surface area contributed by atoms with Gasteiger partial charge in [-0.25, -0.2) is 0 Å². The number of rotatable bonds is 3. The highest BCUT2D eigenvalue weighted by Gasteiger charge is 2.29. The molecule has 1 fully saturated rings. The first-order chi connectivity index (χ1) is 10.1. The number of amides is 1. The van der Waals surface area contributed by atoms with Crippen LogP contribution < -0.4 is 0 Å². The Balaban J connectivity index is 1.72. The largest absolute Gasteiger partial charge is 0.364 e. The van der Waals surface area contributed by atoms with E-state index in [1.807, 2.05) is 13.8 Å². The van der Waals surface area contributed by atoms with Crippen LogP contribution in [0, 0.1) is 0 Å². The van der Waals surface area contributed by atoms with Crippen LogP contribution in [0.2, 0.25) is 0 Å². The molecule has 0 bridgehead atoms. The van der Waals surface area contributed by atoms with Gasteiger partial charge in [-0.15, -0.1) is 0 Å². The first-order valence-electron chi connectivity index (χ1n) is 7.18. The van der Waals surface area contributed by atoms with E-state index in [1.165, 1.54) is 6.26 Å². The Morgan fingerprint density at radius 3 is 2.95 bits per heavy atom. The van der Waals surface area contributed by atoms with Gasteiger partial charge in [0.25, 0.3) is 5.91 Å². The molecule has 7 nitrogen and oxygen atoms in total. The van der Waals surface area contributed by atoms with Crippen molar-refractivity contribution in [1.29, 1.82) is 0 Å². The molecule has 21 heavy (non-hydrogen) atoms. The third-order valence-electron chi connectivity index (χ3n) is 3.68. The molecule has 1 amide bonds. The summed E-state index contributed by atoms with van der Waals surface area (Å²) in [5.74, 6) is 1.55. The third-order valence-corrected chi connectivity index (χ3v) is 3.68. The van der Waals surface area contributed by atoms with Gasteiger partial charge < -0.3 is 13.9 Å². The minimum Gasteiger partial charge on any atom is -0.364 e. The Bertz CT molecular complexity index is 606. The summed E-state index contributed by atoms with van der Waals surface area (Å²) in [7, 11) is 0. The number of carbonyl (C=O) groups is 1. The highest BCUT2D eigenvalue weighted by Crippen LogP contribution is 2.26. The standard InChI is InChI=1S/C14H18N4O3/c1-9(2)13-15-12(17-21-13)10-4-3-6-18(8-10)14(19)11-5-7-20-16-11/h5,7,9-10H,3-4,6,8H2,1-2H3. The Morgan fingerprint density at radius 1 is 1.43 bits per heavy atom. The fraction of sp³-hybridized carbons (Fsp3) is 0.571. The molecule has 112 valence electrons. The smallest absolute Gasteiger partial charge is 0.276 e. The molecule has 0 N–H and O–H groups in total. The van der Waals surface area contributed by atoms with Crippen molar-refractivity contribution >= 4 is 5.91 Å². The van der Waals surface area contributed by atoms with Crippen LogP contribution in [0.4, 0.5) is 0 Å². The average molecular weight is 290 g/mol. The van der Waals surface area contributed by atoms with Gasteiger partial charge in [0.2, 0.25) is 5.89 Å². The number of likely N-dealkylation sites (tertiary alicyclic amines) is 1. The molecule has 0 spiro atoms. The van der Waals surface area contributed by atoms with E-state index < -0.39 is 0 Å². The molecule has 7 heteroatoms. The molecule has 1 aliphatic heterocycles. The van der Waals surface area contributed by atoms with E-state index in [0.29, 0.717) is 24.0 Å². The van der Waals surface area contributed by atoms with Gasteiger partial charge in [0, 0.05) is 31.0 Å². The molecule has 0 aliphatic carbocycles. The van der Waals surface area contributed by atoms with Crippen molar-refractivity contribution in [3.05, 3.63) is 29.7 Å². The molecule has 0 aromatic carbocycles. The summed E-state index contributed by atoms with van der Waals surface area (Å²) in [6.45, 7) is 5.33. The maximum absolute atomic E-state index is 12.3. The summed E-state index contributed by atoms with van der Waals surface area (Å²) in [6.07, 6.45) is 3.28. The van der Waals surface area contributed by atoms with E-state index in [9.17, 15) is 4.79 Å². The Hall–Kier alpha value is -2.18. The zero-order chi connectivity index (χ0) is 14.8. The number of piperidine rings is 1. The van der Waals surface area contributed by atoms with Crippen LogP contribution >= 0.6 is 0 Å². The van der Waals surface area contributed by atoms with E-state index in [0.717, 1.165) is 19.4 Å². The highest BCUT2D eigenvalue weighted by atomic mass is 16.5. The lowest BCUT2D eigenvalue weighted by atomic mass is 9.97. The molecule has 2 aromatic rings. The van der Waals surface area contributed by atoms with Crippen molar-refractivity contribution < 1.29 is 13.8 Å². The van der Waals surface area contributed by atoms with E-state index in [4.69, 9.17) is 9.05 Å². The van der Waals surface area contributed by atoms with E-state index in [2.05, 4.69) is 15.3 Å². The first kappa shape index (κ1) is 13.8. The number of carbonyl (C=O) groups excluding carboxylic acids is 1. The molecule has 2 aromatic heterocycles. The predicted molar refractivity (Wildman–Crippen MR) is 72.8 cm³/mol. The van der Waals surface area contributed by atoms with Gasteiger partial charge in [0.15, 0.2) is 11.5 Å². The number of nitrogens with zero attached hydrogens (tertiary/aromatic N) is 4. The van der Waals surface area contributed by atoms with Crippen molar-refractivity contribution in [2.75, 3.05) is 13.1 Å². The minimum absolute atomic E-state index is 0.110.